The summed E-state index contributed by atoms with van der Waals surface area (Å²) >= 11 is 0. The van der Waals surface area contributed by atoms with E-state index in [2.05, 4.69) is 10.6 Å². The fraction of sp³-hybridized carbons (Fsp3) is 0.333. The number of hydrogen-bond acceptors (Lipinski definition) is 3. The Hall–Kier alpha value is -2.82. The van der Waals surface area contributed by atoms with Gasteiger partial charge in [-0.2, -0.15) is 0 Å². The zero-order valence-electron chi connectivity index (χ0n) is 15.3. The van der Waals surface area contributed by atoms with E-state index >= 15 is 0 Å². The first-order valence-corrected chi connectivity index (χ1v) is 8.90. The lowest BCUT2D eigenvalue weighted by Crippen LogP contribution is -2.30. The number of hydrogen-bond donors (Lipinski definition) is 2. The molecule has 0 saturated heterocycles. The summed E-state index contributed by atoms with van der Waals surface area (Å²) in [6.07, 6.45) is 1.79. The molecule has 2 N–H and O–H groups in total. The molecule has 0 fully saturated rings. The van der Waals surface area contributed by atoms with Crippen LogP contribution in [0.3, 0.4) is 0 Å². The lowest BCUT2D eigenvalue weighted by molar-refractivity contribution is -0.122. The second-order valence-corrected chi connectivity index (χ2v) is 6.03. The second-order valence-electron chi connectivity index (χ2n) is 6.03. The van der Waals surface area contributed by atoms with Crippen LogP contribution in [0.5, 0.6) is 5.75 Å². The fourth-order valence-electron chi connectivity index (χ4n) is 2.67. The summed E-state index contributed by atoms with van der Waals surface area (Å²) < 4.78 is 5.16. The third kappa shape index (κ3) is 5.92. The Balaban J connectivity index is 1.73. The molecule has 5 heteroatoms. The van der Waals surface area contributed by atoms with Crippen molar-refractivity contribution in [1.29, 1.82) is 0 Å². The van der Waals surface area contributed by atoms with E-state index in [-0.39, 0.29) is 17.9 Å². The Morgan fingerprint density at radius 3 is 2.35 bits per heavy atom. The van der Waals surface area contributed by atoms with E-state index in [0.717, 1.165) is 17.7 Å². The topological polar surface area (TPSA) is 67.4 Å². The lowest BCUT2D eigenvalue weighted by atomic mass is 10.0. The minimum Gasteiger partial charge on any atom is -0.497 e. The van der Waals surface area contributed by atoms with E-state index in [1.54, 1.807) is 19.2 Å². The normalized spacial score (nSPS) is 11.5. The van der Waals surface area contributed by atoms with Gasteiger partial charge in [0.2, 0.25) is 5.91 Å². The lowest BCUT2D eigenvalue weighted by Gasteiger charge is -2.18. The van der Waals surface area contributed by atoms with Gasteiger partial charge in [-0.3, -0.25) is 9.59 Å². The van der Waals surface area contributed by atoms with Crippen LogP contribution >= 0.6 is 0 Å². The molecular weight excluding hydrogens is 328 g/mol. The Bertz CT molecular complexity index is 699. The number of carbonyl (C=O) groups is 2. The summed E-state index contributed by atoms with van der Waals surface area (Å²) in [4.78, 5) is 24.1. The van der Waals surface area contributed by atoms with Crippen molar-refractivity contribution >= 4 is 11.8 Å². The summed E-state index contributed by atoms with van der Waals surface area (Å²) in [5.74, 6) is 0.668. The SMILES string of the molecule is CC[C@@H](NC(=O)CCCNC(=O)c1ccccc1)c1ccc(OC)cc1. The minimum atomic E-state index is -0.115. The van der Waals surface area contributed by atoms with Crippen LogP contribution in [-0.4, -0.2) is 25.5 Å². The molecule has 2 aromatic rings. The van der Waals surface area contributed by atoms with Gasteiger partial charge in [-0.25, -0.2) is 0 Å². The molecule has 0 radical (unpaired) electrons. The Kier molecular flexibility index (Phi) is 7.68. The van der Waals surface area contributed by atoms with Gasteiger partial charge in [0.25, 0.3) is 5.91 Å². The van der Waals surface area contributed by atoms with Crippen molar-refractivity contribution in [3.63, 3.8) is 0 Å². The van der Waals surface area contributed by atoms with E-state index in [1.807, 2.05) is 49.4 Å². The van der Waals surface area contributed by atoms with Crippen LogP contribution in [0.2, 0.25) is 0 Å². The van der Waals surface area contributed by atoms with Crippen LogP contribution in [0, 0.1) is 0 Å². The van der Waals surface area contributed by atoms with Crippen molar-refractivity contribution in [1.82, 2.24) is 10.6 Å². The largest absolute Gasteiger partial charge is 0.497 e. The van der Waals surface area contributed by atoms with Crippen molar-refractivity contribution in [3.8, 4) is 5.75 Å². The summed E-state index contributed by atoms with van der Waals surface area (Å²) in [6.45, 7) is 2.51. The number of amides is 2. The Labute approximate surface area is 154 Å². The standard InChI is InChI=1S/C21H26N2O3/c1-3-19(16-11-13-18(26-2)14-12-16)23-20(24)10-7-15-22-21(25)17-8-5-4-6-9-17/h4-6,8-9,11-14,19H,3,7,10,15H2,1-2H3,(H,22,25)(H,23,24)/t19-/m1/s1. The zero-order valence-corrected chi connectivity index (χ0v) is 15.3. The van der Waals surface area contributed by atoms with Gasteiger partial charge in [0.1, 0.15) is 5.75 Å². The molecule has 0 aliphatic carbocycles. The van der Waals surface area contributed by atoms with Gasteiger partial charge in [0, 0.05) is 18.5 Å². The maximum Gasteiger partial charge on any atom is 0.251 e. The summed E-state index contributed by atoms with van der Waals surface area (Å²) in [5, 5.41) is 5.88. The van der Waals surface area contributed by atoms with Crippen molar-refractivity contribution in [2.45, 2.75) is 32.2 Å². The molecule has 0 aliphatic heterocycles. The highest BCUT2D eigenvalue weighted by Crippen LogP contribution is 2.20. The van der Waals surface area contributed by atoms with Crippen molar-refractivity contribution < 1.29 is 14.3 Å². The van der Waals surface area contributed by atoms with Crippen LogP contribution in [0.4, 0.5) is 0 Å². The predicted octanol–water partition coefficient (Wildman–Crippen LogP) is 3.47. The molecule has 1 atom stereocenters. The van der Waals surface area contributed by atoms with Crippen LogP contribution in [0.15, 0.2) is 54.6 Å². The minimum absolute atomic E-state index is 0.0124. The van der Waals surface area contributed by atoms with E-state index in [4.69, 9.17) is 4.74 Å². The highest BCUT2D eigenvalue weighted by atomic mass is 16.5. The highest BCUT2D eigenvalue weighted by Gasteiger charge is 2.13. The molecule has 138 valence electrons. The maximum absolute atomic E-state index is 12.2. The first-order valence-electron chi connectivity index (χ1n) is 8.90. The average molecular weight is 354 g/mol. The number of benzene rings is 2. The molecule has 0 aliphatic rings. The van der Waals surface area contributed by atoms with Crippen molar-refractivity contribution in [3.05, 3.63) is 65.7 Å². The summed E-state index contributed by atoms with van der Waals surface area (Å²) in [5.41, 5.74) is 1.68. The molecular formula is C21H26N2O3. The van der Waals surface area contributed by atoms with E-state index in [0.29, 0.717) is 24.9 Å². The van der Waals surface area contributed by atoms with Gasteiger partial charge in [0.05, 0.1) is 13.2 Å². The average Bonchev–Trinajstić information content (AvgIpc) is 2.70. The third-order valence-corrected chi connectivity index (χ3v) is 4.16. The van der Waals surface area contributed by atoms with Crippen molar-refractivity contribution in [2.24, 2.45) is 0 Å². The Morgan fingerprint density at radius 2 is 1.73 bits per heavy atom. The van der Waals surface area contributed by atoms with Crippen LogP contribution in [-0.2, 0) is 4.79 Å². The number of ether oxygens (including phenoxy) is 1. The van der Waals surface area contributed by atoms with E-state index < -0.39 is 0 Å². The molecule has 0 unspecified atom stereocenters. The molecule has 5 nitrogen and oxygen atoms in total. The summed E-state index contributed by atoms with van der Waals surface area (Å²) in [7, 11) is 1.63. The second kappa shape index (κ2) is 10.2. The number of nitrogens with one attached hydrogen (secondary N) is 2. The third-order valence-electron chi connectivity index (χ3n) is 4.16. The quantitative estimate of drug-likeness (QED) is 0.678. The Morgan fingerprint density at radius 1 is 1.04 bits per heavy atom. The molecule has 0 aromatic heterocycles. The van der Waals surface area contributed by atoms with Crippen LogP contribution < -0.4 is 15.4 Å². The number of carbonyl (C=O) groups excluding carboxylic acids is 2. The molecule has 0 heterocycles. The first-order chi connectivity index (χ1) is 12.6. The molecule has 26 heavy (non-hydrogen) atoms. The zero-order chi connectivity index (χ0) is 18.8. The van der Waals surface area contributed by atoms with E-state index in [9.17, 15) is 9.59 Å². The smallest absolute Gasteiger partial charge is 0.251 e. The first kappa shape index (κ1) is 19.5. The van der Waals surface area contributed by atoms with Gasteiger partial charge >= 0.3 is 0 Å². The molecule has 2 aromatic carbocycles. The number of methoxy groups -OCH3 is 1. The van der Waals surface area contributed by atoms with E-state index in [1.165, 1.54) is 0 Å². The van der Waals surface area contributed by atoms with Gasteiger partial charge in [0.15, 0.2) is 0 Å². The maximum atomic E-state index is 12.2. The van der Waals surface area contributed by atoms with Gasteiger partial charge in [-0.1, -0.05) is 37.3 Å². The molecule has 2 amide bonds. The van der Waals surface area contributed by atoms with Gasteiger partial charge < -0.3 is 15.4 Å². The van der Waals surface area contributed by atoms with Crippen LogP contribution in [0.25, 0.3) is 0 Å². The summed E-state index contributed by atoms with van der Waals surface area (Å²) in [6, 6.07) is 16.7. The monoisotopic (exact) mass is 354 g/mol. The highest BCUT2D eigenvalue weighted by molar-refractivity contribution is 5.94. The molecule has 0 spiro atoms. The fourth-order valence-corrected chi connectivity index (χ4v) is 2.67. The molecule has 0 saturated carbocycles. The predicted molar refractivity (Wildman–Crippen MR) is 102 cm³/mol. The molecule has 0 bridgehead atoms. The van der Waals surface area contributed by atoms with Gasteiger partial charge in [-0.15, -0.1) is 0 Å². The molecule has 2 rings (SSSR count). The van der Waals surface area contributed by atoms with Gasteiger partial charge in [-0.05, 0) is 42.7 Å². The number of rotatable bonds is 9. The van der Waals surface area contributed by atoms with Crippen molar-refractivity contribution in [2.75, 3.05) is 13.7 Å². The van der Waals surface area contributed by atoms with Crippen LogP contribution in [0.1, 0.15) is 48.1 Å².